The second kappa shape index (κ2) is 8.85. The van der Waals surface area contributed by atoms with E-state index in [9.17, 15) is 0 Å². The number of hydrogen-bond donors (Lipinski definition) is 2. The zero-order valence-electron chi connectivity index (χ0n) is 12.1. The van der Waals surface area contributed by atoms with Crippen LogP contribution in [0.4, 0.5) is 5.69 Å². The summed E-state index contributed by atoms with van der Waals surface area (Å²) in [5.41, 5.74) is 2.06. The molecule has 1 rings (SSSR count). The number of anilines is 1. The first kappa shape index (κ1) is 15.9. The molecule has 0 aliphatic heterocycles. The summed E-state index contributed by atoms with van der Waals surface area (Å²) in [6.07, 6.45) is 2.87. The van der Waals surface area contributed by atoms with Gasteiger partial charge in [-0.05, 0) is 25.6 Å². The van der Waals surface area contributed by atoms with Gasteiger partial charge in [-0.15, -0.1) is 0 Å². The fraction of sp³-hybridized carbons (Fsp3) is 0.643. The molecule has 19 heavy (non-hydrogen) atoms. The van der Waals surface area contributed by atoms with E-state index in [0.29, 0.717) is 19.2 Å². The van der Waals surface area contributed by atoms with Crippen molar-refractivity contribution in [1.82, 2.24) is 10.3 Å². The Morgan fingerprint density at radius 3 is 2.68 bits per heavy atom. The molecular weight excluding hydrogens is 242 g/mol. The summed E-state index contributed by atoms with van der Waals surface area (Å²) in [6, 6.07) is 4.38. The molecule has 5 heteroatoms. The Hall–Kier alpha value is -1.17. The van der Waals surface area contributed by atoms with Gasteiger partial charge in [0.1, 0.15) is 0 Å². The zero-order chi connectivity index (χ0) is 14.1. The summed E-state index contributed by atoms with van der Waals surface area (Å²) in [6.45, 7) is 4.23. The van der Waals surface area contributed by atoms with E-state index in [-0.39, 0.29) is 6.61 Å². The Labute approximate surface area is 115 Å². The van der Waals surface area contributed by atoms with Crippen molar-refractivity contribution in [3.05, 3.63) is 24.0 Å². The molecule has 0 saturated heterocycles. The number of aliphatic hydroxyl groups excluding tert-OH is 1. The van der Waals surface area contributed by atoms with Crippen LogP contribution in [0.5, 0.6) is 0 Å². The number of ether oxygens (including phenoxy) is 1. The molecule has 0 aliphatic rings. The van der Waals surface area contributed by atoms with Gasteiger partial charge in [0.2, 0.25) is 0 Å². The lowest BCUT2D eigenvalue weighted by molar-refractivity contribution is 0.203. The number of pyridine rings is 1. The third kappa shape index (κ3) is 4.78. The third-order valence-electron chi connectivity index (χ3n) is 3.18. The Balaban J connectivity index is 2.76. The van der Waals surface area contributed by atoms with E-state index in [1.165, 1.54) is 0 Å². The van der Waals surface area contributed by atoms with Gasteiger partial charge in [0.05, 0.1) is 30.8 Å². The van der Waals surface area contributed by atoms with Gasteiger partial charge >= 0.3 is 0 Å². The first-order valence-electron chi connectivity index (χ1n) is 6.74. The van der Waals surface area contributed by atoms with Crippen LogP contribution >= 0.6 is 0 Å². The Kier molecular flexibility index (Phi) is 7.40. The molecule has 0 amide bonds. The van der Waals surface area contributed by atoms with E-state index < -0.39 is 0 Å². The van der Waals surface area contributed by atoms with E-state index in [1.807, 2.05) is 25.4 Å². The van der Waals surface area contributed by atoms with E-state index >= 15 is 0 Å². The van der Waals surface area contributed by atoms with Crippen molar-refractivity contribution in [3.63, 3.8) is 0 Å². The molecule has 1 heterocycles. The summed E-state index contributed by atoms with van der Waals surface area (Å²) < 4.78 is 5.08. The van der Waals surface area contributed by atoms with Crippen LogP contribution in [-0.4, -0.2) is 50.6 Å². The standard InChI is InChI=1S/C14H25N3O2/c1-4-13(15-2)14-6-5-12(11-16-14)17(7-9-18)8-10-19-3/h5-6,11,13,15,18H,4,7-10H2,1-3H3. The SMILES string of the molecule is CCC(NC)c1ccc(N(CCO)CCOC)cn1. The van der Waals surface area contributed by atoms with Crippen LogP contribution in [-0.2, 0) is 4.74 Å². The maximum Gasteiger partial charge on any atom is 0.0637 e. The largest absolute Gasteiger partial charge is 0.395 e. The predicted octanol–water partition coefficient (Wildman–Crippen LogP) is 1.20. The highest BCUT2D eigenvalue weighted by molar-refractivity contribution is 5.44. The van der Waals surface area contributed by atoms with Crippen molar-refractivity contribution < 1.29 is 9.84 Å². The van der Waals surface area contributed by atoms with Gasteiger partial charge in [-0.25, -0.2) is 0 Å². The molecule has 108 valence electrons. The van der Waals surface area contributed by atoms with Crippen molar-refractivity contribution >= 4 is 5.69 Å². The van der Waals surface area contributed by atoms with Crippen LogP contribution < -0.4 is 10.2 Å². The third-order valence-corrected chi connectivity index (χ3v) is 3.18. The van der Waals surface area contributed by atoms with E-state index in [4.69, 9.17) is 9.84 Å². The number of aliphatic hydroxyl groups is 1. The molecule has 0 saturated carbocycles. The quantitative estimate of drug-likeness (QED) is 0.704. The summed E-state index contributed by atoms with van der Waals surface area (Å²) in [5.74, 6) is 0. The normalized spacial score (nSPS) is 12.4. The average molecular weight is 267 g/mol. The molecule has 0 spiro atoms. The van der Waals surface area contributed by atoms with Gasteiger partial charge in [0, 0.05) is 26.2 Å². The topological polar surface area (TPSA) is 57.6 Å². The monoisotopic (exact) mass is 267 g/mol. The molecule has 0 bridgehead atoms. The van der Waals surface area contributed by atoms with Crippen molar-refractivity contribution in [1.29, 1.82) is 0 Å². The fourth-order valence-corrected chi connectivity index (χ4v) is 2.04. The molecular formula is C14H25N3O2. The molecule has 1 aromatic heterocycles. The van der Waals surface area contributed by atoms with E-state index in [1.54, 1.807) is 7.11 Å². The lowest BCUT2D eigenvalue weighted by Crippen LogP contribution is -2.30. The average Bonchev–Trinajstić information content (AvgIpc) is 2.45. The number of rotatable bonds is 9. The van der Waals surface area contributed by atoms with Crippen LogP contribution in [0.1, 0.15) is 25.1 Å². The van der Waals surface area contributed by atoms with Crippen LogP contribution in [0.15, 0.2) is 18.3 Å². The van der Waals surface area contributed by atoms with Crippen LogP contribution in [0.3, 0.4) is 0 Å². The smallest absolute Gasteiger partial charge is 0.0637 e. The summed E-state index contributed by atoms with van der Waals surface area (Å²) in [7, 11) is 3.62. The van der Waals surface area contributed by atoms with Gasteiger partial charge in [-0.2, -0.15) is 0 Å². The molecule has 0 radical (unpaired) electrons. The van der Waals surface area contributed by atoms with Gasteiger partial charge in [-0.3, -0.25) is 4.98 Å². The van der Waals surface area contributed by atoms with Crippen LogP contribution in [0.2, 0.25) is 0 Å². The maximum atomic E-state index is 9.10. The molecule has 1 aromatic rings. The maximum absolute atomic E-state index is 9.10. The van der Waals surface area contributed by atoms with Gasteiger partial charge in [0.15, 0.2) is 0 Å². The summed E-state index contributed by atoms with van der Waals surface area (Å²) >= 11 is 0. The highest BCUT2D eigenvalue weighted by Crippen LogP contribution is 2.18. The van der Waals surface area contributed by atoms with Gasteiger partial charge in [-0.1, -0.05) is 6.92 Å². The minimum Gasteiger partial charge on any atom is -0.395 e. The fourth-order valence-electron chi connectivity index (χ4n) is 2.04. The van der Waals surface area contributed by atoms with Crippen molar-refractivity contribution in [2.24, 2.45) is 0 Å². The number of methoxy groups -OCH3 is 1. The first-order valence-corrected chi connectivity index (χ1v) is 6.74. The number of aromatic nitrogens is 1. The molecule has 1 unspecified atom stereocenters. The minimum absolute atomic E-state index is 0.125. The van der Waals surface area contributed by atoms with E-state index in [0.717, 1.165) is 24.3 Å². The highest BCUT2D eigenvalue weighted by atomic mass is 16.5. The van der Waals surface area contributed by atoms with Crippen LogP contribution in [0.25, 0.3) is 0 Å². The first-order chi connectivity index (χ1) is 9.26. The van der Waals surface area contributed by atoms with Gasteiger partial charge in [0.25, 0.3) is 0 Å². The lowest BCUT2D eigenvalue weighted by atomic mass is 10.1. The number of hydrogen-bond acceptors (Lipinski definition) is 5. The minimum atomic E-state index is 0.125. The Morgan fingerprint density at radius 1 is 1.42 bits per heavy atom. The van der Waals surface area contributed by atoms with Crippen LogP contribution in [0, 0.1) is 0 Å². The second-order valence-corrected chi connectivity index (χ2v) is 4.39. The molecule has 0 aliphatic carbocycles. The van der Waals surface area contributed by atoms with Crippen molar-refractivity contribution in [3.8, 4) is 0 Å². The molecule has 2 N–H and O–H groups in total. The van der Waals surface area contributed by atoms with Crippen molar-refractivity contribution in [2.75, 3.05) is 45.4 Å². The zero-order valence-corrected chi connectivity index (χ0v) is 12.1. The summed E-state index contributed by atoms with van der Waals surface area (Å²) in [4.78, 5) is 6.58. The molecule has 0 aromatic carbocycles. The molecule has 5 nitrogen and oxygen atoms in total. The molecule has 1 atom stereocenters. The highest BCUT2D eigenvalue weighted by Gasteiger charge is 2.10. The lowest BCUT2D eigenvalue weighted by Gasteiger charge is -2.24. The number of nitrogens with one attached hydrogen (secondary N) is 1. The van der Waals surface area contributed by atoms with E-state index in [2.05, 4.69) is 22.1 Å². The van der Waals surface area contributed by atoms with Crippen molar-refractivity contribution in [2.45, 2.75) is 19.4 Å². The Bertz CT molecular complexity index is 339. The number of nitrogens with zero attached hydrogens (tertiary/aromatic N) is 2. The summed E-state index contributed by atoms with van der Waals surface area (Å²) in [5, 5.41) is 12.3. The predicted molar refractivity (Wildman–Crippen MR) is 77.5 cm³/mol. The van der Waals surface area contributed by atoms with Gasteiger partial charge < -0.3 is 20.1 Å². The second-order valence-electron chi connectivity index (χ2n) is 4.39. The Morgan fingerprint density at radius 2 is 2.21 bits per heavy atom. The molecule has 0 fully saturated rings.